The van der Waals surface area contributed by atoms with Crippen LogP contribution in [0.4, 0.5) is 18.0 Å². The van der Waals surface area contributed by atoms with Crippen LogP contribution in [0.3, 0.4) is 0 Å². The Hall–Kier alpha value is -1.99. The summed E-state index contributed by atoms with van der Waals surface area (Å²) in [5.41, 5.74) is -0.878. The van der Waals surface area contributed by atoms with Crippen LogP contribution in [-0.4, -0.2) is 42.2 Å². The van der Waals surface area contributed by atoms with E-state index in [2.05, 4.69) is 10.3 Å². The maximum Gasteiger partial charge on any atom is 0.421 e. The lowest BCUT2D eigenvalue weighted by molar-refractivity contribution is -0.139. The van der Waals surface area contributed by atoms with Crippen LogP contribution in [0.1, 0.15) is 25.3 Å². The lowest BCUT2D eigenvalue weighted by atomic mass is 9.99. The Kier molecular flexibility index (Phi) is 5.68. The zero-order valence-electron chi connectivity index (χ0n) is 12.9. The maximum absolute atomic E-state index is 12.9. The van der Waals surface area contributed by atoms with E-state index in [9.17, 15) is 18.0 Å². The molecule has 1 aromatic heterocycles. The zero-order chi connectivity index (χ0) is 16.9. The zero-order valence-corrected chi connectivity index (χ0v) is 12.9. The number of aromatic nitrogens is 1. The minimum atomic E-state index is -4.50. The molecule has 1 saturated heterocycles. The first-order valence-electron chi connectivity index (χ1n) is 7.59. The van der Waals surface area contributed by atoms with E-state index in [1.165, 1.54) is 12.3 Å². The molecule has 1 aliphatic rings. The van der Waals surface area contributed by atoms with Gasteiger partial charge in [0.25, 0.3) is 0 Å². The average Bonchev–Trinajstić information content (AvgIpc) is 2.53. The van der Waals surface area contributed by atoms with Gasteiger partial charge in [-0.05, 0) is 31.9 Å². The van der Waals surface area contributed by atoms with E-state index in [4.69, 9.17) is 4.74 Å². The van der Waals surface area contributed by atoms with Crippen LogP contribution in [0.2, 0.25) is 0 Å². The number of carbonyl (C=O) groups is 1. The molecular formula is C15H20F3N3O2. The van der Waals surface area contributed by atoms with Crippen molar-refractivity contribution in [3.8, 4) is 5.88 Å². The fourth-order valence-electron chi connectivity index (χ4n) is 2.57. The van der Waals surface area contributed by atoms with Gasteiger partial charge in [-0.1, -0.05) is 0 Å². The largest absolute Gasteiger partial charge is 0.477 e. The Bertz CT molecular complexity index is 537. The van der Waals surface area contributed by atoms with E-state index in [0.717, 1.165) is 18.9 Å². The Morgan fingerprint density at radius 1 is 1.52 bits per heavy atom. The van der Waals surface area contributed by atoms with Gasteiger partial charge in [0.1, 0.15) is 5.56 Å². The number of nitrogens with zero attached hydrogens (tertiary/aromatic N) is 2. The van der Waals surface area contributed by atoms with Crippen LogP contribution < -0.4 is 10.1 Å². The Morgan fingerprint density at radius 2 is 2.30 bits per heavy atom. The first-order chi connectivity index (χ1) is 10.9. The first kappa shape index (κ1) is 17.4. The van der Waals surface area contributed by atoms with E-state index in [1.807, 2.05) is 6.92 Å². The van der Waals surface area contributed by atoms with Crippen LogP contribution in [-0.2, 0) is 6.18 Å². The number of urea groups is 1. The quantitative estimate of drug-likeness (QED) is 0.923. The third-order valence-electron chi connectivity index (χ3n) is 3.67. The van der Waals surface area contributed by atoms with E-state index in [-0.39, 0.29) is 18.6 Å². The van der Waals surface area contributed by atoms with Gasteiger partial charge < -0.3 is 15.0 Å². The van der Waals surface area contributed by atoms with E-state index in [1.54, 1.807) is 4.90 Å². The Balaban J connectivity index is 1.95. The number of rotatable bonds is 4. The molecule has 1 unspecified atom stereocenters. The molecule has 0 radical (unpaired) electrons. The second kappa shape index (κ2) is 7.52. The number of alkyl halides is 3. The van der Waals surface area contributed by atoms with Gasteiger partial charge in [-0.15, -0.1) is 0 Å². The van der Waals surface area contributed by atoms with Gasteiger partial charge in [0.2, 0.25) is 5.88 Å². The van der Waals surface area contributed by atoms with Gasteiger partial charge in [-0.2, -0.15) is 13.2 Å². The SMILES string of the molecule is CCNC(=O)N1CCCC(COc2ncccc2C(F)(F)F)C1. The Morgan fingerprint density at radius 3 is 3.00 bits per heavy atom. The van der Waals surface area contributed by atoms with Gasteiger partial charge in [-0.3, -0.25) is 0 Å². The smallest absolute Gasteiger partial charge is 0.421 e. The van der Waals surface area contributed by atoms with Crippen molar-refractivity contribution in [3.63, 3.8) is 0 Å². The topological polar surface area (TPSA) is 54.5 Å². The van der Waals surface area contributed by atoms with Crippen LogP contribution in [0.25, 0.3) is 0 Å². The molecule has 2 amide bonds. The molecule has 1 aliphatic heterocycles. The molecule has 0 aliphatic carbocycles. The second-order valence-electron chi connectivity index (χ2n) is 5.45. The highest BCUT2D eigenvalue weighted by molar-refractivity contribution is 5.74. The van der Waals surface area contributed by atoms with Gasteiger partial charge in [0.15, 0.2) is 0 Å². The standard InChI is InChI=1S/C15H20F3N3O2/c1-2-19-14(22)21-8-4-5-11(9-21)10-23-13-12(15(16,17)18)6-3-7-20-13/h3,6-7,11H,2,4-5,8-10H2,1H3,(H,19,22). The van der Waals surface area contributed by atoms with Crippen molar-refractivity contribution < 1.29 is 22.7 Å². The minimum absolute atomic E-state index is 0.00514. The van der Waals surface area contributed by atoms with Crippen LogP contribution in [0, 0.1) is 5.92 Å². The molecule has 0 spiro atoms. The third-order valence-corrected chi connectivity index (χ3v) is 3.67. The summed E-state index contributed by atoms with van der Waals surface area (Å²) in [6.07, 6.45) is -1.61. The van der Waals surface area contributed by atoms with Crippen molar-refractivity contribution in [2.45, 2.75) is 25.9 Å². The number of halogens is 3. The number of hydrogen-bond donors (Lipinski definition) is 1. The predicted octanol–water partition coefficient (Wildman–Crippen LogP) is 2.92. The van der Waals surface area contributed by atoms with Crippen LogP contribution in [0.15, 0.2) is 18.3 Å². The number of carbonyl (C=O) groups excluding carboxylic acids is 1. The molecule has 23 heavy (non-hydrogen) atoms. The number of hydrogen-bond acceptors (Lipinski definition) is 3. The van der Waals surface area contributed by atoms with E-state index < -0.39 is 17.6 Å². The lowest BCUT2D eigenvalue weighted by Gasteiger charge is -2.32. The van der Waals surface area contributed by atoms with Gasteiger partial charge in [0, 0.05) is 31.7 Å². The molecule has 0 aromatic carbocycles. The monoisotopic (exact) mass is 331 g/mol. The highest BCUT2D eigenvalue weighted by Gasteiger charge is 2.35. The molecule has 0 bridgehead atoms. The van der Waals surface area contributed by atoms with Crippen LogP contribution >= 0.6 is 0 Å². The fourth-order valence-corrected chi connectivity index (χ4v) is 2.57. The molecule has 2 heterocycles. The van der Waals surface area contributed by atoms with Gasteiger partial charge in [-0.25, -0.2) is 9.78 Å². The van der Waals surface area contributed by atoms with Gasteiger partial charge in [0.05, 0.1) is 6.61 Å². The summed E-state index contributed by atoms with van der Waals surface area (Å²) < 4.78 is 44.0. The number of ether oxygens (including phenoxy) is 1. The number of amides is 2. The minimum Gasteiger partial charge on any atom is -0.477 e. The molecule has 0 saturated carbocycles. The van der Waals surface area contributed by atoms with E-state index in [0.29, 0.717) is 19.6 Å². The molecule has 1 N–H and O–H groups in total. The molecule has 8 heteroatoms. The number of nitrogens with one attached hydrogen (secondary N) is 1. The van der Waals surface area contributed by atoms with E-state index >= 15 is 0 Å². The highest BCUT2D eigenvalue weighted by Crippen LogP contribution is 2.34. The van der Waals surface area contributed by atoms with Crippen molar-refractivity contribution in [1.82, 2.24) is 15.2 Å². The molecule has 2 rings (SSSR count). The molecule has 1 aromatic rings. The molecule has 128 valence electrons. The van der Waals surface area contributed by atoms with Crippen molar-refractivity contribution >= 4 is 6.03 Å². The summed E-state index contributed by atoms with van der Waals surface area (Å²) in [5, 5.41) is 2.72. The third kappa shape index (κ3) is 4.74. The summed E-state index contributed by atoms with van der Waals surface area (Å²) in [4.78, 5) is 17.2. The highest BCUT2D eigenvalue weighted by atomic mass is 19.4. The average molecular weight is 331 g/mol. The summed E-state index contributed by atoms with van der Waals surface area (Å²) in [6, 6.07) is 2.03. The number of likely N-dealkylation sites (tertiary alicyclic amines) is 1. The van der Waals surface area contributed by atoms with Gasteiger partial charge >= 0.3 is 12.2 Å². The lowest BCUT2D eigenvalue weighted by Crippen LogP contribution is -2.46. The van der Waals surface area contributed by atoms with Crippen molar-refractivity contribution in [3.05, 3.63) is 23.9 Å². The van der Waals surface area contributed by atoms with Crippen molar-refractivity contribution in [2.75, 3.05) is 26.2 Å². The number of piperidine rings is 1. The first-order valence-corrected chi connectivity index (χ1v) is 7.59. The summed E-state index contributed by atoms with van der Waals surface area (Å²) >= 11 is 0. The molecule has 1 fully saturated rings. The van der Waals surface area contributed by atoms with Crippen molar-refractivity contribution in [2.24, 2.45) is 5.92 Å². The second-order valence-corrected chi connectivity index (χ2v) is 5.45. The maximum atomic E-state index is 12.9. The summed E-state index contributed by atoms with van der Waals surface area (Å²) in [7, 11) is 0. The normalized spacial score (nSPS) is 18.6. The number of pyridine rings is 1. The summed E-state index contributed by atoms with van der Waals surface area (Å²) in [6.45, 7) is 3.61. The predicted molar refractivity (Wildman–Crippen MR) is 78.1 cm³/mol. The molecule has 1 atom stereocenters. The Labute approximate surface area is 132 Å². The summed E-state index contributed by atoms with van der Waals surface area (Å²) in [5.74, 6) is -0.412. The molecular weight excluding hydrogens is 311 g/mol. The van der Waals surface area contributed by atoms with Crippen molar-refractivity contribution in [1.29, 1.82) is 0 Å². The fraction of sp³-hybridized carbons (Fsp3) is 0.600. The van der Waals surface area contributed by atoms with Crippen LogP contribution in [0.5, 0.6) is 5.88 Å². The molecule has 5 nitrogen and oxygen atoms in total.